The highest BCUT2D eigenvalue weighted by atomic mass is 79.9. The Labute approximate surface area is 155 Å². The van der Waals surface area contributed by atoms with Gasteiger partial charge >= 0.3 is 0 Å². The van der Waals surface area contributed by atoms with Crippen LogP contribution in [0.2, 0.25) is 0 Å². The second-order valence-electron chi connectivity index (χ2n) is 6.11. The fourth-order valence-corrected chi connectivity index (χ4v) is 3.23. The van der Waals surface area contributed by atoms with E-state index in [1.54, 1.807) is 30.3 Å². The summed E-state index contributed by atoms with van der Waals surface area (Å²) in [7, 11) is 2.06. The fourth-order valence-electron chi connectivity index (χ4n) is 2.77. The lowest BCUT2D eigenvalue weighted by atomic mass is 10.1. The molecule has 5 nitrogen and oxygen atoms in total. The third-order valence-corrected chi connectivity index (χ3v) is 4.97. The number of hydrogen-bond donors (Lipinski definition) is 1. The van der Waals surface area contributed by atoms with Crippen LogP contribution >= 0.6 is 15.9 Å². The van der Waals surface area contributed by atoms with Gasteiger partial charge < -0.3 is 15.1 Å². The van der Waals surface area contributed by atoms with E-state index < -0.39 is 0 Å². The Morgan fingerprint density at radius 2 is 1.72 bits per heavy atom. The summed E-state index contributed by atoms with van der Waals surface area (Å²) < 4.78 is 0.733. The van der Waals surface area contributed by atoms with Crippen LogP contribution in [0.3, 0.4) is 0 Å². The van der Waals surface area contributed by atoms with Crippen LogP contribution in [0.15, 0.2) is 53.0 Å². The van der Waals surface area contributed by atoms with Crippen LogP contribution in [0.1, 0.15) is 20.7 Å². The molecule has 1 heterocycles. The first-order chi connectivity index (χ1) is 12.0. The smallest absolute Gasteiger partial charge is 0.256 e. The van der Waals surface area contributed by atoms with Gasteiger partial charge in [0, 0.05) is 41.9 Å². The highest BCUT2D eigenvalue weighted by molar-refractivity contribution is 9.10. The Bertz CT molecular complexity index is 786. The van der Waals surface area contributed by atoms with Gasteiger partial charge in [-0.3, -0.25) is 9.59 Å². The van der Waals surface area contributed by atoms with Crippen LogP contribution < -0.4 is 5.32 Å². The molecule has 1 N–H and O–H groups in total. The molecule has 6 heteroatoms. The number of amides is 2. The number of carbonyl (C=O) groups excluding carboxylic acids is 2. The molecule has 0 aromatic heterocycles. The summed E-state index contributed by atoms with van der Waals surface area (Å²) in [4.78, 5) is 29.1. The number of carbonyl (C=O) groups is 2. The number of piperazine rings is 1. The van der Waals surface area contributed by atoms with Crippen LogP contribution in [0.4, 0.5) is 5.69 Å². The quantitative estimate of drug-likeness (QED) is 0.859. The maximum absolute atomic E-state index is 12.7. The molecule has 3 rings (SSSR count). The molecular formula is C19H20BrN3O2. The Morgan fingerprint density at radius 1 is 1.00 bits per heavy atom. The summed E-state index contributed by atoms with van der Waals surface area (Å²) >= 11 is 3.38. The van der Waals surface area contributed by atoms with Crippen molar-refractivity contribution in [2.45, 2.75) is 0 Å². The van der Waals surface area contributed by atoms with Crippen molar-refractivity contribution in [1.82, 2.24) is 9.80 Å². The van der Waals surface area contributed by atoms with Crippen LogP contribution in [-0.4, -0.2) is 54.8 Å². The molecular weight excluding hydrogens is 382 g/mol. The van der Waals surface area contributed by atoms with Gasteiger partial charge in [0.05, 0.1) is 5.56 Å². The lowest BCUT2D eigenvalue weighted by Gasteiger charge is -2.32. The van der Waals surface area contributed by atoms with E-state index in [9.17, 15) is 9.59 Å². The van der Waals surface area contributed by atoms with Gasteiger partial charge in [0.25, 0.3) is 11.8 Å². The summed E-state index contributed by atoms with van der Waals surface area (Å²) in [6, 6.07) is 14.3. The molecule has 1 fully saturated rings. The van der Waals surface area contributed by atoms with E-state index in [-0.39, 0.29) is 11.8 Å². The van der Waals surface area contributed by atoms with Crippen molar-refractivity contribution < 1.29 is 9.59 Å². The van der Waals surface area contributed by atoms with E-state index in [0.717, 1.165) is 30.7 Å². The highest BCUT2D eigenvalue weighted by Gasteiger charge is 2.20. The van der Waals surface area contributed by atoms with Crippen molar-refractivity contribution in [3.63, 3.8) is 0 Å². The lowest BCUT2D eigenvalue weighted by molar-refractivity contribution is 0.0664. The SMILES string of the molecule is CN1CCN(C(=O)c2cccc(NC(=O)c3ccccc3Br)c2)CC1. The highest BCUT2D eigenvalue weighted by Crippen LogP contribution is 2.19. The Hall–Kier alpha value is -2.18. The van der Waals surface area contributed by atoms with Crippen molar-refractivity contribution in [1.29, 1.82) is 0 Å². The van der Waals surface area contributed by atoms with Gasteiger partial charge in [0.15, 0.2) is 0 Å². The van der Waals surface area contributed by atoms with Gasteiger partial charge in [-0.1, -0.05) is 18.2 Å². The number of hydrogen-bond acceptors (Lipinski definition) is 3. The average Bonchev–Trinajstić information content (AvgIpc) is 2.62. The fraction of sp³-hybridized carbons (Fsp3) is 0.263. The van der Waals surface area contributed by atoms with Crippen LogP contribution in [-0.2, 0) is 0 Å². The van der Waals surface area contributed by atoms with Crippen LogP contribution in [0, 0.1) is 0 Å². The molecule has 0 aliphatic carbocycles. The number of likely N-dealkylation sites (N-methyl/N-ethyl adjacent to an activating group) is 1. The average molecular weight is 402 g/mol. The normalized spacial score (nSPS) is 15.0. The Kier molecular flexibility index (Phi) is 5.50. The predicted molar refractivity (Wildman–Crippen MR) is 102 cm³/mol. The first-order valence-corrected chi connectivity index (χ1v) is 8.97. The third-order valence-electron chi connectivity index (χ3n) is 4.28. The largest absolute Gasteiger partial charge is 0.336 e. The number of rotatable bonds is 3. The Balaban J connectivity index is 1.72. The van der Waals surface area contributed by atoms with Gasteiger partial charge in [0.1, 0.15) is 0 Å². The summed E-state index contributed by atoms with van der Waals surface area (Å²) in [6.07, 6.45) is 0. The first kappa shape index (κ1) is 17.6. The van der Waals surface area contributed by atoms with Crippen LogP contribution in [0.5, 0.6) is 0 Å². The maximum Gasteiger partial charge on any atom is 0.256 e. The number of halogens is 1. The molecule has 130 valence electrons. The summed E-state index contributed by atoms with van der Waals surface area (Å²) in [6.45, 7) is 3.21. The monoisotopic (exact) mass is 401 g/mol. The van der Waals surface area contributed by atoms with Gasteiger partial charge in [-0.2, -0.15) is 0 Å². The number of benzene rings is 2. The van der Waals surface area contributed by atoms with E-state index in [2.05, 4.69) is 33.2 Å². The molecule has 2 aromatic carbocycles. The van der Waals surface area contributed by atoms with Crippen molar-refractivity contribution in [3.05, 3.63) is 64.1 Å². The molecule has 1 aliphatic heterocycles. The zero-order valence-electron chi connectivity index (χ0n) is 14.0. The molecule has 0 spiro atoms. The second kappa shape index (κ2) is 7.80. The van der Waals surface area contributed by atoms with Crippen molar-refractivity contribution in [3.8, 4) is 0 Å². The molecule has 1 aliphatic rings. The van der Waals surface area contributed by atoms with Crippen molar-refractivity contribution >= 4 is 33.4 Å². The minimum Gasteiger partial charge on any atom is -0.336 e. The first-order valence-electron chi connectivity index (χ1n) is 8.18. The molecule has 1 saturated heterocycles. The zero-order chi connectivity index (χ0) is 17.8. The number of nitrogens with one attached hydrogen (secondary N) is 1. The molecule has 0 saturated carbocycles. The minimum absolute atomic E-state index is 0.00471. The van der Waals surface area contributed by atoms with E-state index in [0.29, 0.717) is 16.8 Å². The molecule has 0 bridgehead atoms. The summed E-state index contributed by atoms with van der Waals surface area (Å²) in [5.41, 5.74) is 1.76. The van der Waals surface area contributed by atoms with Gasteiger partial charge in [-0.25, -0.2) is 0 Å². The molecule has 0 unspecified atom stereocenters. The van der Waals surface area contributed by atoms with Gasteiger partial charge in [0.2, 0.25) is 0 Å². The van der Waals surface area contributed by atoms with Crippen molar-refractivity contribution in [2.24, 2.45) is 0 Å². The molecule has 0 radical (unpaired) electrons. The summed E-state index contributed by atoms with van der Waals surface area (Å²) in [5, 5.41) is 2.86. The van der Waals surface area contributed by atoms with Gasteiger partial charge in [-0.15, -0.1) is 0 Å². The zero-order valence-corrected chi connectivity index (χ0v) is 15.6. The van der Waals surface area contributed by atoms with Gasteiger partial charge in [-0.05, 0) is 53.3 Å². The van der Waals surface area contributed by atoms with E-state index in [4.69, 9.17) is 0 Å². The molecule has 2 aromatic rings. The van der Waals surface area contributed by atoms with E-state index >= 15 is 0 Å². The van der Waals surface area contributed by atoms with Crippen LogP contribution in [0.25, 0.3) is 0 Å². The molecule has 25 heavy (non-hydrogen) atoms. The minimum atomic E-state index is -0.211. The van der Waals surface area contributed by atoms with Crippen molar-refractivity contribution in [2.75, 3.05) is 38.5 Å². The molecule has 0 atom stereocenters. The topological polar surface area (TPSA) is 52.6 Å². The standard InChI is InChI=1S/C19H20BrN3O2/c1-22-9-11-23(12-10-22)19(25)14-5-4-6-15(13-14)21-18(24)16-7-2-3-8-17(16)20/h2-8,13H,9-12H2,1H3,(H,21,24). The lowest BCUT2D eigenvalue weighted by Crippen LogP contribution is -2.47. The number of anilines is 1. The molecule has 2 amide bonds. The summed E-state index contributed by atoms with van der Waals surface area (Å²) in [5.74, 6) is -0.207. The Morgan fingerprint density at radius 3 is 2.44 bits per heavy atom. The second-order valence-corrected chi connectivity index (χ2v) is 6.96. The maximum atomic E-state index is 12.7. The number of nitrogens with zero attached hydrogens (tertiary/aromatic N) is 2. The van der Waals surface area contributed by atoms with E-state index in [1.165, 1.54) is 0 Å². The van der Waals surface area contributed by atoms with E-state index in [1.807, 2.05) is 23.1 Å². The predicted octanol–water partition coefficient (Wildman–Crippen LogP) is 3.09. The third kappa shape index (κ3) is 4.27.